The summed E-state index contributed by atoms with van der Waals surface area (Å²) in [5, 5.41) is 3.00. The third-order valence-electron chi connectivity index (χ3n) is 2.63. The third-order valence-corrected chi connectivity index (χ3v) is 3.35. The Morgan fingerprint density at radius 2 is 1.84 bits per heavy atom. The van der Waals surface area contributed by atoms with Crippen molar-refractivity contribution in [3.05, 3.63) is 63.0 Å². The minimum atomic E-state index is -0.273. The second-order valence-electron chi connectivity index (χ2n) is 4.24. The Morgan fingerprint density at radius 1 is 1.11 bits per heavy atom. The van der Waals surface area contributed by atoms with Gasteiger partial charge < -0.3 is 10.1 Å². The van der Waals surface area contributed by atoms with Gasteiger partial charge in [-0.05, 0) is 65.0 Å². The van der Waals surface area contributed by atoms with Crippen LogP contribution in [0.25, 0.3) is 0 Å². The largest absolute Gasteiger partial charge is 0.489 e. The summed E-state index contributed by atoms with van der Waals surface area (Å²) in [5.74, 6) is 0.286. The lowest BCUT2D eigenvalue weighted by atomic mass is 10.2. The molecule has 0 saturated heterocycles. The van der Waals surface area contributed by atoms with Gasteiger partial charge in [0, 0.05) is 16.2 Å². The van der Waals surface area contributed by atoms with Crippen LogP contribution >= 0.6 is 22.6 Å². The quantitative estimate of drug-likeness (QED) is 0.809. The van der Waals surface area contributed by atoms with Gasteiger partial charge in [-0.3, -0.25) is 0 Å². The van der Waals surface area contributed by atoms with E-state index < -0.39 is 0 Å². The number of hydrogen-bond acceptors (Lipinski definition) is 2. The highest BCUT2D eigenvalue weighted by molar-refractivity contribution is 14.1. The van der Waals surface area contributed by atoms with Crippen LogP contribution in [-0.2, 0) is 13.2 Å². The molecule has 100 valence electrons. The molecule has 0 radical (unpaired) electrons. The highest BCUT2D eigenvalue weighted by atomic mass is 127. The third kappa shape index (κ3) is 4.47. The van der Waals surface area contributed by atoms with E-state index in [4.69, 9.17) is 4.74 Å². The molecule has 0 bridgehead atoms. The van der Waals surface area contributed by atoms with Gasteiger partial charge in [0.2, 0.25) is 0 Å². The molecule has 0 amide bonds. The summed E-state index contributed by atoms with van der Waals surface area (Å²) in [6.45, 7) is 1.07. The minimum absolute atomic E-state index is 0.273. The van der Waals surface area contributed by atoms with Gasteiger partial charge in [0.15, 0.2) is 0 Å². The van der Waals surface area contributed by atoms with Gasteiger partial charge in [0.1, 0.15) is 18.2 Å². The first kappa shape index (κ1) is 14.3. The molecule has 0 aliphatic rings. The highest BCUT2D eigenvalue weighted by Crippen LogP contribution is 2.18. The van der Waals surface area contributed by atoms with Gasteiger partial charge >= 0.3 is 0 Å². The van der Waals surface area contributed by atoms with E-state index in [0.717, 1.165) is 11.1 Å². The number of rotatable bonds is 5. The van der Waals surface area contributed by atoms with Crippen LogP contribution in [0, 0.1) is 9.39 Å². The molecule has 0 aliphatic carbocycles. The Bertz CT molecular complexity index is 542. The Balaban J connectivity index is 2.04. The van der Waals surface area contributed by atoms with E-state index in [1.807, 2.05) is 37.4 Å². The first-order valence-corrected chi connectivity index (χ1v) is 7.06. The average Bonchev–Trinajstić information content (AvgIpc) is 2.38. The van der Waals surface area contributed by atoms with Crippen molar-refractivity contribution in [1.29, 1.82) is 0 Å². The van der Waals surface area contributed by atoms with Crippen LogP contribution in [0.4, 0.5) is 4.39 Å². The lowest BCUT2D eigenvalue weighted by molar-refractivity contribution is 0.304. The number of halogens is 2. The standard InChI is InChI=1S/C15H15FINO/c1-18-9-12-6-13(16)8-15(7-12)19-10-11-2-4-14(17)5-3-11/h2-8,18H,9-10H2,1H3. The summed E-state index contributed by atoms with van der Waals surface area (Å²) in [6, 6.07) is 12.8. The summed E-state index contributed by atoms with van der Waals surface area (Å²) in [7, 11) is 1.83. The summed E-state index contributed by atoms with van der Waals surface area (Å²) in [6.07, 6.45) is 0. The van der Waals surface area contributed by atoms with E-state index in [0.29, 0.717) is 18.9 Å². The van der Waals surface area contributed by atoms with Crippen molar-refractivity contribution in [3.8, 4) is 5.75 Å². The van der Waals surface area contributed by atoms with Crippen molar-refractivity contribution < 1.29 is 9.13 Å². The molecule has 0 fully saturated rings. The van der Waals surface area contributed by atoms with Crippen molar-refractivity contribution in [2.75, 3.05) is 7.05 Å². The Hall–Kier alpha value is -1.14. The van der Waals surface area contributed by atoms with Gasteiger partial charge in [-0.2, -0.15) is 0 Å². The fourth-order valence-corrected chi connectivity index (χ4v) is 2.12. The van der Waals surface area contributed by atoms with Crippen LogP contribution < -0.4 is 10.1 Å². The molecule has 0 unspecified atom stereocenters. The molecule has 0 saturated carbocycles. The van der Waals surface area contributed by atoms with E-state index in [2.05, 4.69) is 27.9 Å². The van der Waals surface area contributed by atoms with E-state index in [-0.39, 0.29) is 5.82 Å². The van der Waals surface area contributed by atoms with E-state index in [1.165, 1.54) is 15.7 Å². The number of ether oxygens (including phenoxy) is 1. The maximum Gasteiger partial charge on any atom is 0.127 e. The lowest BCUT2D eigenvalue weighted by Gasteiger charge is -2.09. The number of nitrogens with one attached hydrogen (secondary N) is 1. The average molecular weight is 371 g/mol. The molecule has 0 heterocycles. The number of benzene rings is 2. The predicted molar refractivity (Wildman–Crippen MR) is 82.7 cm³/mol. The van der Waals surface area contributed by atoms with Crippen LogP contribution in [0.2, 0.25) is 0 Å². The molecule has 1 N–H and O–H groups in total. The molecular formula is C15H15FINO. The van der Waals surface area contributed by atoms with Gasteiger partial charge in [0.05, 0.1) is 0 Å². The molecule has 4 heteroatoms. The fraction of sp³-hybridized carbons (Fsp3) is 0.200. The normalized spacial score (nSPS) is 10.5. The monoisotopic (exact) mass is 371 g/mol. The smallest absolute Gasteiger partial charge is 0.127 e. The summed E-state index contributed by atoms with van der Waals surface area (Å²) in [4.78, 5) is 0. The maximum atomic E-state index is 13.4. The van der Waals surface area contributed by atoms with Gasteiger partial charge in [0.25, 0.3) is 0 Å². The summed E-state index contributed by atoms with van der Waals surface area (Å²) < 4.78 is 20.2. The van der Waals surface area contributed by atoms with Crippen molar-refractivity contribution in [2.45, 2.75) is 13.2 Å². The molecule has 0 aromatic heterocycles. The van der Waals surface area contributed by atoms with Crippen molar-refractivity contribution in [1.82, 2.24) is 5.32 Å². The van der Waals surface area contributed by atoms with Gasteiger partial charge in [-0.15, -0.1) is 0 Å². The molecule has 0 atom stereocenters. The summed E-state index contributed by atoms with van der Waals surface area (Å²) in [5.41, 5.74) is 1.94. The topological polar surface area (TPSA) is 21.3 Å². The van der Waals surface area contributed by atoms with Crippen LogP contribution in [-0.4, -0.2) is 7.05 Å². The lowest BCUT2D eigenvalue weighted by Crippen LogP contribution is -2.06. The van der Waals surface area contributed by atoms with Crippen molar-refractivity contribution in [2.24, 2.45) is 0 Å². The molecule has 2 aromatic carbocycles. The van der Waals surface area contributed by atoms with Crippen molar-refractivity contribution >= 4 is 22.6 Å². The second-order valence-corrected chi connectivity index (χ2v) is 5.49. The zero-order chi connectivity index (χ0) is 13.7. The molecule has 2 aromatic rings. The second kappa shape index (κ2) is 6.86. The Labute approximate surface area is 126 Å². The molecule has 2 nitrogen and oxygen atoms in total. The van der Waals surface area contributed by atoms with Crippen molar-refractivity contribution in [3.63, 3.8) is 0 Å². The summed E-state index contributed by atoms with van der Waals surface area (Å²) >= 11 is 2.26. The SMILES string of the molecule is CNCc1cc(F)cc(OCc2ccc(I)cc2)c1. The zero-order valence-electron chi connectivity index (χ0n) is 10.6. The van der Waals surface area contributed by atoms with E-state index >= 15 is 0 Å². The predicted octanol–water partition coefficient (Wildman–Crippen LogP) is 3.73. The van der Waals surface area contributed by atoms with E-state index in [9.17, 15) is 4.39 Å². The first-order chi connectivity index (χ1) is 9.17. The number of hydrogen-bond donors (Lipinski definition) is 1. The fourth-order valence-electron chi connectivity index (χ4n) is 1.76. The van der Waals surface area contributed by atoms with Gasteiger partial charge in [-0.25, -0.2) is 4.39 Å². The van der Waals surface area contributed by atoms with Gasteiger partial charge in [-0.1, -0.05) is 12.1 Å². The minimum Gasteiger partial charge on any atom is -0.489 e. The van der Waals surface area contributed by atoms with Crippen LogP contribution in [0.5, 0.6) is 5.75 Å². The van der Waals surface area contributed by atoms with Crippen LogP contribution in [0.15, 0.2) is 42.5 Å². The zero-order valence-corrected chi connectivity index (χ0v) is 12.8. The van der Waals surface area contributed by atoms with Crippen LogP contribution in [0.1, 0.15) is 11.1 Å². The molecule has 0 aliphatic heterocycles. The van der Waals surface area contributed by atoms with E-state index in [1.54, 1.807) is 0 Å². The van der Waals surface area contributed by atoms with Crippen LogP contribution in [0.3, 0.4) is 0 Å². The molecular weight excluding hydrogens is 356 g/mol. The maximum absolute atomic E-state index is 13.4. The molecule has 2 rings (SSSR count). The molecule has 0 spiro atoms. The molecule has 19 heavy (non-hydrogen) atoms. The Morgan fingerprint density at radius 3 is 2.53 bits per heavy atom. The highest BCUT2D eigenvalue weighted by Gasteiger charge is 2.02. The first-order valence-electron chi connectivity index (χ1n) is 5.98. The Kier molecular flexibility index (Phi) is 5.15.